The van der Waals surface area contributed by atoms with Crippen LogP contribution in [-0.4, -0.2) is 27.8 Å². The highest BCUT2D eigenvalue weighted by Gasteiger charge is 2.07. The number of carbonyl (C=O) groups excluding carboxylic acids is 1. The van der Waals surface area contributed by atoms with Crippen molar-refractivity contribution in [1.29, 1.82) is 0 Å². The fraction of sp³-hybridized carbons (Fsp3) is 0.357. The highest BCUT2D eigenvalue weighted by atomic mass is 28.3. The Morgan fingerprint density at radius 1 is 1.33 bits per heavy atom. The Morgan fingerprint density at radius 3 is 2.67 bits per heavy atom. The van der Waals surface area contributed by atoms with Crippen molar-refractivity contribution in [3.63, 3.8) is 0 Å². The van der Waals surface area contributed by atoms with E-state index in [2.05, 4.69) is 35.8 Å². The normalized spacial score (nSPS) is 10.2. The van der Waals surface area contributed by atoms with Gasteiger partial charge in [0.1, 0.15) is 20.4 Å². The summed E-state index contributed by atoms with van der Waals surface area (Å²) in [4.78, 5) is 11.3. The highest BCUT2D eigenvalue weighted by Crippen LogP contribution is 2.13. The summed E-state index contributed by atoms with van der Waals surface area (Å²) in [6, 6.07) is 6.89. The number of carbonyl (C=O) groups is 1. The number of hydrogen-bond acceptors (Lipinski definition) is 3. The third-order valence-corrected chi connectivity index (χ3v) is 2.96. The van der Waals surface area contributed by atoms with Crippen molar-refractivity contribution in [2.75, 3.05) is 13.7 Å². The Balaban J connectivity index is 2.63. The summed E-state index contributed by atoms with van der Waals surface area (Å²) in [5.74, 6) is 3.27. The lowest BCUT2D eigenvalue weighted by Crippen LogP contribution is -2.16. The van der Waals surface area contributed by atoms with Gasteiger partial charge in [-0.25, -0.2) is 4.79 Å². The van der Waals surface area contributed by atoms with Gasteiger partial charge in [0.05, 0.1) is 12.7 Å². The van der Waals surface area contributed by atoms with Gasteiger partial charge in [-0.1, -0.05) is 31.6 Å². The number of rotatable bonds is 3. The molecule has 1 rings (SSSR count). The number of esters is 1. The molecular weight excluding hydrogens is 244 g/mol. The minimum atomic E-state index is -1.35. The maximum atomic E-state index is 11.3. The molecule has 0 radical (unpaired) electrons. The molecule has 4 heteroatoms. The fourth-order valence-electron chi connectivity index (χ4n) is 1.25. The zero-order chi connectivity index (χ0) is 13.6. The van der Waals surface area contributed by atoms with E-state index in [4.69, 9.17) is 4.74 Å². The lowest BCUT2D eigenvalue weighted by atomic mass is 10.2. The summed E-state index contributed by atoms with van der Waals surface area (Å²) in [6.45, 7) is 6.88. The van der Waals surface area contributed by atoms with E-state index in [0.29, 0.717) is 17.9 Å². The summed E-state index contributed by atoms with van der Waals surface area (Å²) in [6.07, 6.45) is 0. The van der Waals surface area contributed by atoms with E-state index in [1.807, 2.05) is 0 Å². The van der Waals surface area contributed by atoms with Gasteiger partial charge in [-0.2, -0.15) is 0 Å². The minimum absolute atomic E-state index is 0.342. The molecule has 0 saturated heterocycles. The molecule has 0 fully saturated rings. The van der Waals surface area contributed by atoms with Crippen LogP contribution in [0.15, 0.2) is 24.3 Å². The van der Waals surface area contributed by atoms with Crippen LogP contribution in [0.3, 0.4) is 0 Å². The second-order valence-corrected chi connectivity index (χ2v) is 9.61. The van der Waals surface area contributed by atoms with Crippen molar-refractivity contribution in [2.45, 2.75) is 19.6 Å². The molecule has 0 spiro atoms. The zero-order valence-corrected chi connectivity index (χ0v) is 12.2. The van der Waals surface area contributed by atoms with E-state index in [0.717, 1.165) is 0 Å². The lowest BCUT2D eigenvalue weighted by molar-refractivity contribution is 0.0600. The average molecular weight is 262 g/mol. The minimum Gasteiger partial charge on any atom is -0.481 e. The first-order chi connectivity index (χ1) is 8.42. The Bertz CT molecular complexity index is 478. The number of benzene rings is 1. The van der Waals surface area contributed by atoms with Crippen LogP contribution in [0.5, 0.6) is 5.75 Å². The quantitative estimate of drug-likeness (QED) is 0.477. The van der Waals surface area contributed by atoms with E-state index < -0.39 is 8.07 Å². The van der Waals surface area contributed by atoms with E-state index in [1.165, 1.54) is 7.11 Å². The molecule has 0 bridgehead atoms. The molecule has 1 aromatic rings. The van der Waals surface area contributed by atoms with Crippen LogP contribution in [0.1, 0.15) is 10.4 Å². The van der Waals surface area contributed by atoms with Gasteiger partial charge in [-0.3, -0.25) is 0 Å². The van der Waals surface area contributed by atoms with Crippen LogP contribution in [0.2, 0.25) is 19.6 Å². The first kappa shape index (κ1) is 14.3. The molecule has 0 aliphatic rings. The summed E-state index contributed by atoms with van der Waals surface area (Å²) < 4.78 is 10.1. The second kappa shape index (κ2) is 6.27. The van der Waals surface area contributed by atoms with Crippen molar-refractivity contribution in [2.24, 2.45) is 0 Å². The van der Waals surface area contributed by atoms with Gasteiger partial charge in [0.15, 0.2) is 0 Å². The van der Waals surface area contributed by atoms with Crippen LogP contribution < -0.4 is 4.74 Å². The number of methoxy groups -OCH3 is 1. The van der Waals surface area contributed by atoms with E-state index in [-0.39, 0.29) is 5.97 Å². The summed E-state index contributed by atoms with van der Waals surface area (Å²) in [7, 11) is 0.0112. The predicted octanol–water partition coefficient (Wildman–Crippen LogP) is 2.73. The number of hydrogen-bond donors (Lipinski definition) is 0. The maximum Gasteiger partial charge on any atom is 0.337 e. The van der Waals surface area contributed by atoms with Gasteiger partial charge in [-0.05, 0) is 18.2 Å². The molecule has 18 heavy (non-hydrogen) atoms. The predicted molar refractivity (Wildman–Crippen MR) is 74.4 cm³/mol. The molecule has 0 unspecified atom stereocenters. The molecule has 3 nitrogen and oxygen atoms in total. The second-order valence-electron chi connectivity index (χ2n) is 4.86. The molecule has 0 atom stereocenters. The average Bonchev–Trinajstić information content (AvgIpc) is 2.33. The topological polar surface area (TPSA) is 35.5 Å². The van der Waals surface area contributed by atoms with Crippen molar-refractivity contribution in [3.8, 4) is 17.2 Å². The van der Waals surface area contributed by atoms with Crippen molar-refractivity contribution in [1.82, 2.24) is 0 Å². The molecule has 0 heterocycles. The smallest absolute Gasteiger partial charge is 0.337 e. The third-order valence-electron chi connectivity index (χ3n) is 2.03. The van der Waals surface area contributed by atoms with E-state index in [1.54, 1.807) is 24.3 Å². The first-order valence-corrected chi connectivity index (χ1v) is 9.23. The monoisotopic (exact) mass is 262 g/mol. The van der Waals surface area contributed by atoms with Gasteiger partial charge in [0.2, 0.25) is 0 Å². The van der Waals surface area contributed by atoms with Gasteiger partial charge in [0.25, 0.3) is 0 Å². The van der Waals surface area contributed by atoms with Gasteiger partial charge in [0, 0.05) is 0 Å². The SMILES string of the molecule is COC(=O)c1cccc(OCC#C[Si](C)(C)C)c1. The molecule has 0 aliphatic carbocycles. The van der Waals surface area contributed by atoms with E-state index >= 15 is 0 Å². The van der Waals surface area contributed by atoms with Gasteiger partial charge < -0.3 is 9.47 Å². The molecule has 96 valence electrons. The largest absolute Gasteiger partial charge is 0.481 e. The van der Waals surface area contributed by atoms with Crippen molar-refractivity contribution >= 4 is 14.0 Å². The summed E-state index contributed by atoms with van der Waals surface area (Å²) >= 11 is 0. The Morgan fingerprint density at radius 2 is 2.06 bits per heavy atom. The Hall–Kier alpha value is -1.73. The fourth-order valence-corrected chi connectivity index (χ4v) is 1.85. The van der Waals surface area contributed by atoms with E-state index in [9.17, 15) is 4.79 Å². The molecule has 0 saturated carbocycles. The van der Waals surface area contributed by atoms with Crippen LogP contribution in [-0.2, 0) is 4.74 Å². The molecule has 1 aromatic carbocycles. The Kier molecular flexibility index (Phi) is 4.99. The highest BCUT2D eigenvalue weighted by molar-refractivity contribution is 6.83. The third kappa shape index (κ3) is 5.06. The number of ether oxygens (including phenoxy) is 2. The van der Waals surface area contributed by atoms with Gasteiger partial charge in [-0.15, -0.1) is 5.54 Å². The standard InChI is InChI=1S/C14H18O3Si/c1-16-14(15)12-7-5-8-13(11-12)17-9-6-10-18(2,3)4/h5,7-8,11H,9H2,1-4H3. The van der Waals surface area contributed by atoms with Crippen LogP contribution in [0, 0.1) is 11.5 Å². The first-order valence-electron chi connectivity index (χ1n) is 5.73. The summed E-state index contributed by atoms with van der Waals surface area (Å²) in [5, 5.41) is 0. The molecular formula is C14H18O3Si. The lowest BCUT2D eigenvalue weighted by Gasteiger charge is -2.05. The summed E-state index contributed by atoms with van der Waals surface area (Å²) in [5.41, 5.74) is 3.69. The molecule has 0 N–H and O–H groups in total. The van der Waals surface area contributed by atoms with Crippen LogP contribution in [0.25, 0.3) is 0 Å². The van der Waals surface area contributed by atoms with Crippen LogP contribution >= 0.6 is 0 Å². The maximum absolute atomic E-state index is 11.3. The molecule has 0 aliphatic heterocycles. The van der Waals surface area contributed by atoms with Gasteiger partial charge >= 0.3 is 5.97 Å². The van der Waals surface area contributed by atoms with Crippen molar-refractivity contribution < 1.29 is 14.3 Å². The molecule has 0 amide bonds. The van der Waals surface area contributed by atoms with Crippen molar-refractivity contribution in [3.05, 3.63) is 29.8 Å². The molecule has 0 aromatic heterocycles. The van der Waals surface area contributed by atoms with Crippen LogP contribution in [0.4, 0.5) is 0 Å². The Labute approximate surface area is 109 Å². The zero-order valence-electron chi connectivity index (χ0n) is 11.2.